The van der Waals surface area contributed by atoms with E-state index in [1.54, 1.807) is 12.1 Å². The van der Waals surface area contributed by atoms with E-state index in [1.807, 2.05) is 6.07 Å². The minimum absolute atomic E-state index is 0.0343. The van der Waals surface area contributed by atoms with Crippen LogP contribution < -0.4 is 4.74 Å². The van der Waals surface area contributed by atoms with Crippen molar-refractivity contribution in [1.29, 1.82) is 0 Å². The maximum atomic E-state index is 11.9. The number of rotatable bonds is 3. The molecule has 0 amide bonds. The Hall–Kier alpha value is -1.36. The van der Waals surface area contributed by atoms with E-state index in [1.165, 1.54) is 0 Å². The summed E-state index contributed by atoms with van der Waals surface area (Å²) < 4.78 is 5.05. The molecule has 17 heavy (non-hydrogen) atoms. The van der Waals surface area contributed by atoms with Gasteiger partial charge in [0, 0.05) is 5.56 Å². The van der Waals surface area contributed by atoms with Gasteiger partial charge in [0.2, 0.25) is 0 Å². The molecule has 0 fully saturated rings. The number of fused-ring (bicyclic) bond motifs is 1. The fourth-order valence-corrected chi connectivity index (χ4v) is 2.30. The van der Waals surface area contributed by atoms with Crippen molar-refractivity contribution in [3.05, 3.63) is 29.3 Å². The number of carboxylic acid groups (broad SMARTS) is 1. The predicted octanol–water partition coefficient (Wildman–Crippen LogP) is 2.04. The van der Waals surface area contributed by atoms with Crippen molar-refractivity contribution in [2.45, 2.75) is 17.7 Å². The zero-order valence-corrected chi connectivity index (χ0v) is 10.6. The number of hydrogen-bond acceptors (Lipinski definition) is 3. The van der Waals surface area contributed by atoms with Gasteiger partial charge in [-0.2, -0.15) is 0 Å². The number of ketones is 1. The molecular weight excluding hydrogens is 288 g/mol. The van der Waals surface area contributed by atoms with Gasteiger partial charge >= 0.3 is 5.97 Å². The Bertz CT molecular complexity index is 470. The van der Waals surface area contributed by atoms with Crippen LogP contribution in [0.25, 0.3) is 0 Å². The van der Waals surface area contributed by atoms with Gasteiger partial charge in [-0.15, -0.1) is 0 Å². The number of aryl methyl sites for hydroxylation is 1. The van der Waals surface area contributed by atoms with Crippen LogP contribution in [0.1, 0.15) is 22.3 Å². The van der Waals surface area contributed by atoms with Crippen molar-refractivity contribution in [3.8, 4) is 5.75 Å². The molecule has 1 aliphatic rings. The van der Waals surface area contributed by atoms with Crippen LogP contribution >= 0.6 is 15.9 Å². The normalized spacial score (nSPS) is 18.6. The highest BCUT2D eigenvalue weighted by Gasteiger charge is 2.25. The average molecular weight is 299 g/mol. The molecule has 0 saturated heterocycles. The van der Waals surface area contributed by atoms with E-state index in [2.05, 4.69) is 15.9 Å². The van der Waals surface area contributed by atoms with Gasteiger partial charge in [0.15, 0.2) is 12.4 Å². The van der Waals surface area contributed by atoms with Gasteiger partial charge in [-0.25, -0.2) is 4.79 Å². The molecule has 0 spiro atoms. The molecule has 0 radical (unpaired) electrons. The first-order valence-corrected chi connectivity index (χ1v) is 6.15. The number of ether oxygens (including phenoxy) is 1. The second-order valence-electron chi connectivity index (χ2n) is 3.87. The molecule has 0 aliphatic heterocycles. The average Bonchev–Trinajstić information content (AvgIpc) is 2.31. The number of Topliss-reactive ketones (excluding diaryl/α,β-unsaturated/α-hetero) is 1. The number of hydrogen-bond donors (Lipinski definition) is 1. The molecule has 1 aromatic carbocycles. The van der Waals surface area contributed by atoms with Gasteiger partial charge in [0.1, 0.15) is 5.75 Å². The Morgan fingerprint density at radius 2 is 2.29 bits per heavy atom. The van der Waals surface area contributed by atoms with Gasteiger partial charge in [0.05, 0.1) is 4.83 Å². The molecule has 1 N–H and O–H groups in total. The smallest absolute Gasteiger partial charge is 0.341 e. The van der Waals surface area contributed by atoms with E-state index in [0.717, 1.165) is 18.4 Å². The Labute approximate surface area is 107 Å². The van der Waals surface area contributed by atoms with Crippen LogP contribution in [0.4, 0.5) is 0 Å². The van der Waals surface area contributed by atoms with Crippen LogP contribution in [-0.4, -0.2) is 28.3 Å². The number of halogens is 1. The number of carbonyl (C=O) groups is 2. The van der Waals surface area contributed by atoms with Crippen molar-refractivity contribution in [3.63, 3.8) is 0 Å². The molecule has 90 valence electrons. The topological polar surface area (TPSA) is 63.6 Å². The summed E-state index contributed by atoms with van der Waals surface area (Å²) in [6.07, 6.45) is 1.64. The van der Waals surface area contributed by atoms with Gasteiger partial charge < -0.3 is 9.84 Å². The van der Waals surface area contributed by atoms with Crippen molar-refractivity contribution >= 4 is 27.7 Å². The molecule has 0 aromatic heterocycles. The van der Waals surface area contributed by atoms with E-state index >= 15 is 0 Å². The molecule has 1 atom stereocenters. The molecule has 1 aliphatic carbocycles. The molecule has 0 bridgehead atoms. The fourth-order valence-electron chi connectivity index (χ4n) is 1.82. The van der Waals surface area contributed by atoms with E-state index in [9.17, 15) is 9.59 Å². The van der Waals surface area contributed by atoms with Gasteiger partial charge in [0.25, 0.3) is 0 Å². The zero-order valence-electron chi connectivity index (χ0n) is 8.98. The highest BCUT2D eigenvalue weighted by atomic mass is 79.9. The predicted molar refractivity (Wildman–Crippen MR) is 64.9 cm³/mol. The van der Waals surface area contributed by atoms with E-state index in [-0.39, 0.29) is 10.6 Å². The third-order valence-electron chi connectivity index (χ3n) is 2.66. The summed E-state index contributed by atoms with van der Waals surface area (Å²) in [6, 6.07) is 5.14. The molecule has 1 unspecified atom stereocenters. The highest BCUT2D eigenvalue weighted by molar-refractivity contribution is 9.10. The van der Waals surface area contributed by atoms with Crippen LogP contribution in [0.5, 0.6) is 5.75 Å². The summed E-state index contributed by atoms with van der Waals surface area (Å²) in [5, 5.41) is 8.51. The van der Waals surface area contributed by atoms with E-state index in [4.69, 9.17) is 9.84 Å². The maximum Gasteiger partial charge on any atom is 0.341 e. The first-order chi connectivity index (χ1) is 8.08. The van der Waals surface area contributed by atoms with E-state index in [0.29, 0.717) is 11.3 Å². The second kappa shape index (κ2) is 4.87. The van der Waals surface area contributed by atoms with Gasteiger partial charge in [-0.1, -0.05) is 22.0 Å². The largest absolute Gasteiger partial charge is 0.482 e. The third kappa shape index (κ3) is 2.66. The lowest BCUT2D eigenvalue weighted by Crippen LogP contribution is -2.22. The highest BCUT2D eigenvalue weighted by Crippen LogP contribution is 2.28. The van der Waals surface area contributed by atoms with Crippen molar-refractivity contribution in [2.24, 2.45) is 0 Å². The SMILES string of the molecule is O=C(O)COc1ccc2c(c1)C(=O)C(Br)CC2. The second-order valence-corrected chi connectivity index (χ2v) is 4.98. The first kappa shape index (κ1) is 12.1. The minimum atomic E-state index is -1.03. The molecule has 0 heterocycles. The van der Waals surface area contributed by atoms with Gasteiger partial charge in [-0.05, 0) is 30.5 Å². The van der Waals surface area contributed by atoms with Crippen LogP contribution in [0.3, 0.4) is 0 Å². The summed E-state index contributed by atoms with van der Waals surface area (Å²) >= 11 is 3.33. The zero-order chi connectivity index (χ0) is 12.4. The quantitative estimate of drug-likeness (QED) is 0.868. The Balaban J connectivity index is 2.23. The Kier molecular flexibility index (Phi) is 3.47. The summed E-state index contributed by atoms with van der Waals surface area (Å²) in [4.78, 5) is 22.1. The standard InChI is InChI=1S/C12H11BrO4/c13-10-4-2-7-1-3-8(17-6-11(14)15)5-9(7)12(10)16/h1,3,5,10H,2,4,6H2,(H,14,15). The van der Waals surface area contributed by atoms with Gasteiger partial charge in [-0.3, -0.25) is 4.79 Å². The lowest BCUT2D eigenvalue weighted by Gasteiger charge is -2.19. The maximum absolute atomic E-state index is 11.9. The summed E-state index contributed by atoms with van der Waals surface area (Å²) in [7, 11) is 0. The molecule has 5 heteroatoms. The number of aliphatic carboxylic acids is 1. The lowest BCUT2D eigenvalue weighted by atomic mass is 9.90. The van der Waals surface area contributed by atoms with E-state index < -0.39 is 12.6 Å². The number of carbonyl (C=O) groups excluding carboxylic acids is 1. The summed E-state index contributed by atoms with van der Waals surface area (Å²) in [6.45, 7) is -0.398. The monoisotopic (exact) mass is 298 g/mol. The minimum Gasteiger partial charge on any atom is -0.482 e. The number of alkyl halides is 1. The molecule has 0 saturated carbocycles. The molecular formula is C12H11BrO4. The molecule has 1 aromatic rings. The van der Waals surface area contributed by atoms with Crippen molar-refractivity contribution < 1.29 is 19.4 Å². The Morgan fingerprint density at radius 1 is 1.53 bits per heavy atom. The summed E-state index contributed by atoms with van der Waals surface area (Å²) in [5.74, 6) is -0.583. The number of benzene rings is 1. The van der Waals surface area contributed by atoms with Crippen LogP contribution in [0, 0.1) is 0 Å². The summed E-state index contributed by atoms with van der Waals surface area (Å²) in [5.41, 5.74) is 1.62. The first-order valence-electron chi connectivity index (χ1n) is 5.23. The van der Waals surface area contributed by atoms with Crippen LogP contribution in [0.15, 0.2) is 18.2 Å². The lowest BCUT2D eigenvalue weighted by molar-refractivity contribution is -0.139. The van der Waals surface area contributed by atoms with Crippen LogP contribution in [-0.2, 0) is 11.2 Å². The third-order valence-corrected chi connectivity index (χ3v) is 3.53. The number of carboxylic acids is 1. The fraction of sp³-hybridized carbons (Fsp3) is 0.333. The molecule has 4 nitrogen and oxygen atoms in total. The van der Waals surface area contributed by atoms with Crippen LogP contribution in [0.2, 0.25) is 0 Å². The van der Waals surface area contributed by atoms with Crippen molar-refractivity contribution in [2.75, 3.05) is 6.61 Å². The Morgan fingerprint density at radius 3 is 3.00 bits per heavy atom. The molecule has 2 rings (SSSR count). The van der Waals surface area contributed by atoms with Crippen molar-refractivity contribution in [1.82, 2.24) is 0 Å².